The molecule has 1 aromatic rings. The van der Waals surface area contributed by atoms with Gasteiger partial charge in [-0.1, -0.05) is 18.2 Å². The van der Waals surface area contributed by atoms with Crippen LogP contribution in [0.1, 0.15) is 24.5 Å². The van der Waals surface area contributed by atoms with Crippen LogP contribution in [0, 0.1) is 0 Å². The molecule has 0 saturated carbocycles. The molecule has 1 aliphatic rings. The number of aryl methyl sites for hydroxylation is 1. The van der Waals surface area contributed by atoms with Crippen LogP contribution in [0.3, 0.4) is 0 Å². The van der Waals surface area contributed by atoms with Crippen molar-refractivity contribution < 1.29 is 8.42 Å². The Morgan fingerprint density at radius 3 is 2.95 bits per heavy atom. The summed E-state index contributed by atoms with van der Waals surface area (Å²) in [6.45, 7) is 3.62. The van der Waals surface area contributed by atoms with E-state index >= 15 is 0 Å². The smallest absolute Gasteiger partial charge is 0.148 e. The molecule has 5 heteroatoms. The van der Waals surface area contributed by atoms with Gasteiger partial charge in [0.15, 0.2) is 0 Å². The molecule has 0 spiro atoms. The summed E-state index contributed by atoms with van der Waals surface area (Å²) in [5, 5.41) is 6.73. The minimum Gasteiger partial charge on any atom is -0.385 e. The quantitative estimate of drug-likeness (QED) is 0.860. The first-order chi connectivity index (χ1) is 8.96. The van der Waals surface area contributed by atoms with Crippen molar-refractivity contribution in [2.75, 3.05) is 23.9 Å². The fraction of sp³-hybridized carbons (Fsp3) is 0.571. The van der Waals surface area contributed by atoms with E-state index in [1.807, 2.05) is 6.92 Å². The molecule has 106 valence electrons. The number of para-hydroxylation sites is 1. The maximum Gasteiger partial charge on any atom is 0.148 e. The molecule has 2 N–H and O–H groups in total. The van der Waals surface area contributed by atoms with Crippen molar-refractivity contribution in [2.24, 2.45) is 0 Å². The Kier molecular flexibility index (Phi) is 4.47. The van der Waals surface area contributed by atoms with Crippen molar-refractivity contribution in [3.05, 3.63) is 29.3 Å². The highest BCUT2D eigenvalue weighted by molar-refractivity contribution is 7.90. The lowest BCUT2D eigenvalue weighted by atomic mass is 9.99. The lowest BCUT2D eigenvalue weighted by Crippen LogP contribution is -2.32. The van der Waals surface area contributed by atoms with Gasteiger partial charge >= 0.3 is 0 Å². The van der Waals surface area contributed by atoms with E-state index < -0.39 is 9.84 Å². The molecule has 1 unspecified atom stereocenters. The average Bonchev–Trinajstić information content (AvgIpc) is 2.34. The van der Waals surface area contributed by atoms with E-state index in [4.69, 9.17) is 0 Å². The fourth-order valence-corrected chi connectivity index (χ4v) is 3.55. The standard InChI is InChI=1S/C14H22N2O2S/c1-11(10-19(2,17)18)16-9-13-6-3-5-12-7-4-8-15-14(12)13/h3,5-6,11,15-16H,4,7-10H2,1-2H3. The molecule has 2 rings (SSSR count). The van der Waals surface area contributed by atoms with Crippen LogP contribution < -0.4 is 10.6 Å². The van der Waals surface area contributed by atoms with Gasteiger partial charge in [0, 0.05) is 31.1 Å². The van der Waals surface area contributed by atoms with Crippen molar-refractivity contribution in [1.82, 2.24) is 5.32 Å². The Balaban J connectivity index is 2.00. The summed E-state index contributed by atoms with van der Waals surface area (Å²) >= 11 is 0. The third kappa shape index (κ3) is 4.21. The third-order valence-corrected chi connectivity index (χ3v) is 4.46. The van der Waals surface area contributed by atoms with Gasteiger partial charge in [0.2, 0.25) is 0 Å². The van der Waals surface area contributed by atoms with Gasteiger partial charge in [0.25, 0.3) is 0 Å². The SMILES string of the molecule is CC(CS(C)(=O)=O)NCc1cccc2c1NCCC2. The summed E-state index contributed by atoms with van der Waals surface area (Å²) in [5.74, 6) is 0.176. The predicted molar refractivity (Wildman–Crippen MR) is 79.3 cm³/mol. The molecule has 1 heterocycles. The Labute approximate surface area is 115 Å². The predicted octanol–water partition coefficient (Wildman–Crippen LogP) is 1.57. The summed E-state index contributed by atoms with van der Waals surface area (Å²) in [6, 6.07) is 6.29. The number of hydrogen-bond donors (Lipinski definition) is 2. The zero-order valence-corrected chi connectivity index (χ0v) is 12.4. The Morgan fingerprint density at radius 1 is 1.42 bits per heavy atom. The molecule has 0 amide bonds. The molecule has 4 nitrogen and oxygen atoms in total. The summed E-state index contributed by atoms with van der Waals surface area (Å²) in [5.41, 5.74) is 3.81. The van der Waals surface area contributed by atoms with Crippen LogP contribution in [0.15, 0.2) is 18.2 Å². The van der Waals surface area contributed by atoms with E-state index in [1.54, 1.807) is 0 Å². The Hall–Kier alpha value is -1.07. The lowest BCUT2D eigenvalue weighted by molar-refractivity contribution is 0.560. The van der Waals surface area contributed by atoms with Gasteiger partial charge in [-0.05, 0) is 30.9 Å². The maximum atomic E-state index is 11.2. The highest BCUT2D eigenvalue weighted by Crippen LogP contribution is 2.25. The average molecular weight is 282 g/mol. The van der Waals surface area contributed by atoms with Crippen LogP contribution >= 0.6 is 0 Å². The number of anilines is 1. The molecule has 0 radical (unpaired) electrons. The lowest BCUT2D eigenvalue weighted by Gasteiger charge is -2.22. The first-order valence-corrected chi connectivity index (χ1v) is 8.77. The Bertz CT molecular complexity index is 540. The van der Waals surface area contributed by atoms with Crippen LogP contribution in [0.4, 0.5) is 5.69 Å². The number of sulfone groups is 1. The van der Waals surface area contributed by atoms with Crippen molar-refractivity contribution in [1.29, 1.82) is 0 Å². The number of hydrogen-bond acceptors (Lipinski definition) is 4. The summed E-state index contributed by atoms with van der Waals surface area (Å²) in [4.78, 5) is 0. The summed E-state index contributed by atoms with van der Waals surface area (Å²) in [7, 11) is -2.92. The number of rotatable bonds is 5. The highest BCUT2D eigenvalue weighted by atomic mass is 32.2. The van der Waals surface area contributed by atoms with Crippen LogP contribution in [-0.4, -0.2) is 33.0 Å². The zero-order valence-electron chi connectivity index (χ0n) is 11.6. The second-order valence-electron chi connectivity index (χ2n) is 5.36. The minimum absolute atomic E-state index is 0.0329. The fourth-order valence-electron chi connectivity index (χ4n) is 2.53. The van der Waals surface area contributed by atoms with Gasteiger partial charge < -0.3 is 10.6 Å². The van der Waals surface area contributed by atoms with Crippen molar-refractivity contribution >= 4 is 15.5 Å². The van der Waals surface area contributed by atoms with Gasteiger partial charge in [-0.2, -0.15) is 0 Å². The molecular formula is C14H22N2O2S. The molecular weight excluding hydrogens is 260 g/mol. The monoisotopic (exact) mass is 282 g/mol. The largest absolute Gasteiger partial charge is 0.385 e. The molecule has 1 aliphatic heterocycles. The molecule has 0 aliphatic carbocycles. The van der Waals surface area contributed by atoms with Crippen LogP contribution in [0.25, 0.3) is 0 Å². The number of nitrogens with one attached hydrogen (secondary N) is 2. The normalized spacial score (nSPS) is 16.5. The van der Waals surface area contributed by atoms with Crippen molar-refractivity contribution in [2.45, 2.75) is 32.4 Å². The van der Waals surface area contributed by atoms with Gasteiger partial charge in [0.1, 0.15) is 9.84 Å². The molecule has 1 aromatic carbocycles. The van der Waals surface area contributed by atoms with Gasteiger partial charge in [0.05, 0.1) is 5.75 Å². The van der Waals surface area contributed by atoms with Gasteiger partial charge in [-0.15, -0.1) is 0 Å². The molecule has 0 saturated heterocycles. The van der Waals surface area contributed by atoms with Crippen LogP contribution in [-0.2, 0) is 22.8 Å². The van der Waals surface area contributed by atoms with Crippen molar-refractivity contribution in [3.8, 4) is 0 Å². The number of fused-ring (bicyclic) bond motifs is 1. The molecule has 0 bridgehead atoms. The maximum absolute atomic E-state index is 11.2. The summed E-state index contributed by atoms with van der Waals surface area (Å²) < 4.78 is 22.5. The molecule has 19 heavy (non-hydrogen) atoms. The van der Waals surface area contributed by atoms with Crippen LogP contribution in [0.5, 0.6) is 0 Å². The third-order valence-electron chi connectivity index (χ3n) is 3.36. The minimum atomic E-state index is -2.92. The van der Waals surface area contributed by atoms with E-state index in [0.29, 0.717) is 6.54 Å². The van der Waals surface area contributed by atoms with E-state index in [0.717, 1.165) is 13.0 Å². The molecule has 0 fully saturated rings. The second-order valence-corrected chi connectivity index (χ2v) is 7.54. The molecule has 0 aromatic heterocycles. The first kappa shape index (κ1) is 14.3. The second kappa shape index (κ2) is 5.92. The van der Waals surface area contributed by atoms with Gasteiger partial charge in [-0.3, -0.25) is 0 Å². The van der Waals surface area contributed by atoms with E-state index in [1.165, 1.54) is 29.5 Å². The highest BCUT2D eigenvalue weighted by Gasteiger charge is 2.14. The van der Waals surface area contributed by atoms with E-state index in [-0.39, 0.29) is 11.8 Å². The van der Waals surface area contributed by atoms with E-state index in [9.17, 15) is 8.42 Å². The zero-order chi connectivity index (χ0) is 13.9. The number of benzene rings is 1. The summed E-state index contributed by atoms with van der Waals surface area (Å²) in [6.07, 6.45) is 3.57. The van der Waals surface area contributed by atoms with Gasteiger partial charge in [-0.25, -0.2) is 8.42 Å². The molecule has 1 atom stereocenters. The van der Waals surface area contributed by atoms with Crippen molar-refractivity contribution in [3.63, 3.8) is 0 Å². The van der Waals surface area contributed by atoms with Crippen LogP contribution in [0.2, 0.25) is 0 Å². The first-order valence-electron chi connectivity index (χ1n) is 6.71. The van der Waals surface area contributed by atoms with E-state index in [2.05, 4.69) is 28.8 Å². The Morgan fingerprint density at radius 2 is 2.21 bits per heavy atom. The topological polar surface area (TPSA) is 58.2 Å².